The summed E-state index contributed by atoms with van der Waals surface area (Å²) in [6.07, 6.45) is 3.02. The number of halogens is 1. The van der Waals surface area contributed by atoms with E-state index < -0.39 is 10.0 Å². The maximum Gasteiger partial charge on any atom is 0.211 e. The molecule has 0 aliphatic carbocycles. The van der Waals surface area contributed by atoms with E-state index in [-0.39, 0.29) is 18.3 Å². The number of ether oxygens (including phenoxy) is 1. The minimum absolute atomic E-state index is 0.0733. The molecular formula is C21H27ClN2O3S. The molecule has 0 fully saturated rings. The lowest BCUT2D eigenvalue weighted by atomic mass is 9.94. The van der Waals surface area contributed by atoms with E-state index in [0.29, 0.717) is 6.61 Å². The van der Waals surface area contributed by atoms with Gasteiger partial charge in [-0.15, -0.1) is 0 Å². The molecule has 0 spiro atoms. The summed E-state index contributed by atoms with van der Waals surface area (Å²) in [5.41, 5.74) is 3.82. The predicted molar refractivity (Wildman–Crippen MR) is 114 cm³/mol. The third-order valence-electron chi connectivity index (χ3n) is 4.93. The van der Waals surface area contributed by atoms with E-state index in [0.717, 1.165) is 36.6 Å². The van der Waals surface area contributed by atoms with Crippen LogP contribution in [0.5, 0.6) is 5.75 Å². The highest BCUT2D eigenvalue weighted by Gasteiger charge is 2.19. The van der Waals surface area contributed by atoms with Crippen LogP contribution in [-0.2, 0) is 22.9 Å². The third kappa shape index (κ3) is 5.95. The van der Waals surface area contributed by atoms with E-state index in [9.17, 15) is 8.42 Å². The second-order valence-electron chi connectivity index (χ2n) is 6.95. The minimum Gasteiger partial charge on any atom is -0.492 e. The number of sulfonamides is 1. The lowest BCUT2D eigenvalue weighted by Crippen LogP contribution is -2.29. The van der Waals surface area contributed by atoms with E-state index >= 15 is 0 Å². The van der Waals surface area contributed by atoms with Gasteiger partial charge >= 0.3 is 0 Å². The van der Waals surface area contributed by atoms with E-state index in [1.54, 1.807) is 6.92 Å². The van der Waals surface area contributed by atoms with Crippen LogP contribution in [-0.4, -0.2) is 33.9 Å². The Morgan fingerprint density at radius 3 is 2.75 bits per heavy atom. The molecule has 0 saturated carbocycles. The normalized spacial score (nSPS) is 17.0. The molecule has 0 aromatic heterocycles. The van der Waals surface area contributed by atoms with E-state index in [2.05, 4.69) is 34.3 Å². The Morgan fingerprint density at radius 1 is 1.21 bits per heavy atom. The topological polar surface area (TPSA) is 67.4 Å². The molecule has 28 heavy (non-hydrogen) atoms. The first-order chi connectivity index (χ1) is 13.5. The van der Waals surface area contributed by atoms with Gasteiger partial charge in [-0.05, 0) is 73.7 Å². The van der Waals surface area contributed by atoms with Crippen molar-refractivity contribution in [1.82, 2.24) is 10.0 Å². The average molecular weight is 423 g/mol. The summed E-state index contributed by atoms with van der Waals surface area (Å²) >= 11 is 6.01. The summed E-state index contributed by atoms with van der Waals surface area (Å²) in [5, 5.41) is 4.39. The lowest BCUT2D eigenvalue weighted by Gasteiger charge is -2.20. The molecule has 0 saturated heterocycles. The summed E-state index contributed by atoms with van der Waals surface area (Å²) in [4.78, 5) is 0. The maximum absolute atomic E-state index is 11.5. The van der Waals surface area contributed by atoms with Gasteiger partial charge in [0.1, 0.15) is 12.4 Å². The zero-order valence-corrected chi connectivity index (χ0v) is 17.7. The Labute approximate surface area is 172 Å². The molecule has 2 N–H and O–H groups in total. The lowest BCUT2D eigenvalue weighted by molar-refractivity contribution is 0.322. The molecule has 3 rings (SSSR count). The molecule has 1 unspecified atom stereocenters. The summed E-state index contributed by atoms with van der Waals surface area (Å²) < 4.78 is 31.3. The first-order valence-electron chi connectivity index (χ1n) is 9.67. The summed E-state index contributed by atoms with van der Waals surface area (Å²) in [7, 11) is -3.19. The summed E-state index contributed by atoms with van der Waals surface area (Å²) in [5.74, 6) is 0.837. The van der Waals surface area contributed by atoms with Crippen molar-refractivity contribution in [3.63, 3.8) is 0 Å². The number of rotatable bonds is 8. The number of benzene rings is 2. The SMILES string of the molecule is CCS(=O)(=O)NCCOc1ccc2c(c1)C(Cc1ccc(Cl)cc1)NCCC2. The molecule has 1 aliphatic rings. The van der Waals surface area contributed by atoms with E-state index in [1.807, 2.05) is 18.2 Å². The first kappa shape index (κ1) is 21.1. The standard InChI is InChI=1S/C21H27ClN2O3S/c1-2-28(25,26)24-12-13-27-19-10-7-17-4-3-11-23-21(20(17)15-19)14-16-5-8-18(22)9-6-16/h5-10,15,21,23-24H,2-4,11-14H2,1H3. The number of hydrogen-bond donors (Lipinski definition) is 2. The van der Waals surface area contributed by atoms with Crippen molar-refractivity contribution in [3.8, 4) is 5.75 Å². The molecular weight excluding hydrogens is 396 g/mol. The Kier molecular flexibility index (Phi) is 7.35. The fraction of sp³-hybridized carbons (Fsp3) is 0.429. The fourth-order valence-corrected chi connectivity index (χ4v) is 4.11. The van der Waals surface area contributed by atoms with E-state index in [1.165, 1.54) is 16.7 Å². The molecule has 1 heterocycles. The van der Waals surface area contributed by atoms with Crippen molar-refractivity contribution in [3.05, 3.63) is 64.2 Å². The van der Waals surface area contributed by atoms with Gasteiger partial charge in [0, 0.05) is 17.6 Å². The average Bonchev–Trinajstić information content (AvgIpc) is 2.89. The van der Waals surface area contributed by atoms with Gasteiger partial charge in [-0.25, -0.2) is 13.1 Å². The Hall–Kier alpha value is -1.60. The van der Waals surface area contributed by atoms with Gasteiger partial charge in [-0.3, -0.25) is 0 Å². The van der Waals surface area contributed by atoms with Crippen molar-refractivity contribution in [2.45, 2.75) is 32.2 Å². The predicted octanol–water partition coefficient (Wildman–Crippen LogP) is 3.48. The maximum atomic E-state index is 11.5. The highest BCUT2D eigenvalue weighted by atomic mass is 35.5. The summed E-state index contributed by atoms with van der Waals surface area (Å²) in [6.45, 7) is 3.15. The molecule has 1 atom stereocenters. The molecule has 1 aliphatic heterocycles. The van der Waals surface area contributed by atoms with Gasteiger partial charge in [0.2, 0.25) is 10.0 Å². The third-order valence-corrected chi connectivity index (χ3v) is 6.59. The number of aryl methyl sites for hydroxylation is 1. The zero-order valence-electron chi connectivity index (χ0n) is 16.1. The number of hydrogen-bond acceptors (Lipinski definition) is 4. The number of fused-ring (bicyclic) bond motifs is 1. The van der Waals surface area contributed by atoms with Crippen LogP contribution in [0.15, 0.2) is 42.5 Å². The van der Waals surface area contributed by atoms with Crippen LogP contribution in [0.1, 0.15) is 36.1 Å². The van der Waals surface area contributed by atoms with Gasteiger partial charge < -0.3 is 10.1 Å². The highest BCUT2D eigenvalue weighted by Crippen LogP contribution is 2.29. The monoisotopic (exact) mass is 422 g/mol. The van der Waals surface area contributed by atoms with Crippen LogP contribution in [0.3, 0.4) is 0 Å². The number of nitrogens with one attached hydrogen (secondary N) is 2. The largest absolute Gasteiger partial charge is 0.492 e. The zero-order chi connectivity index (χ0) is 20.0. The highest BCUT2D eigenvalue weighted by molar-refractivity contribution is 7.89. The molecule has 0 bridgehead atoms. The quantitative estimate of drug-likeness (QED) is 0.639. The van der Waals surface area contributed by atoms with Crippen molar-refractivity contribution >= 4 is 21.6 Å². The Bertz CT molecular complexity index is 885. The molecule has 0 amide bonds. The molecule has 2 aromatic rings. The molecule has 0 radical (unpaired) electrons. The fourth-order valence-electron chi connectivity index (χ4n) is 3.39. The van der Waals surface area contributed by atoms with Crippen LogP contribution in [0, 0.1) is 0 Å². The molecule has 5 nitrogen and oxygen atoms in total. The van der Waals surface area contributed by atoms with Crippen molar-refractivity contribution in [2.24, 2.45) is 0 Å². The first-order valence-corrected chi connectivity index (χ1v) is 11.7. The Balaban J connectivity index is 1.69. The Morgan fingerprint density at radius 2 is 2.00 bits per heavy atom. The van der Waals surface area contributed by atoms with Crippen LogP contribution in [0.25, 0.3) is 0 Å². The van der Waals surface area contributed by atoms with Crippen LogP contribution < -0.4 is 14.8 Å². The molecule has 152 valence electrons. The smallest absolute Gasteiger partial charge is 0.211 e. The molecule has 7 heteroatoms. The van der Waals surface area contributed by atoms with Gasteiger partial charge in [0.05, 0.1) is 5.75 Å². The second-order valence-corrected chi connectivity index (χ2v) is 9.48. The van der Waals surface area contributed by atoms with Crippen LogP contribution >= 0.6 is 11.6 Å². The van der Waals surface area contributed by atoms with Gasteiger partial charge in [-0.1, -0.05) is 29.8 Å². The van der Waals surface area contributed by atoms with E-state index in [4.69, 9.17) is 16.3 Å². The second kappa shape index (κ2) is 9.74. The van der Waals surface area contributed by atoms with Gasteiger partial charge in [0.15, 0.2) is 0 Å². The van der Waals surface area contributed by atoms with Crippen LogP contribution in [0.4, 0.5) is 0 Å². The van der Waals surface area contributed by atoms with Gasteiger partial charge in [0.25, 0.3) is 0 Å². The van der Waals surface area contributed by atoms with Crippen molar-refractivity contribution in [1.29, 1.82) is 0 Å². The van der Waals surface area contributed by atoms with Crippen molar-refractivity contribution < 1.29 is 13.2 Å². The van der Waals surface area contributed by atoms with Crippen molar-refractivity contribution in [2.75, 3.05) is 25.4 Å². The van der Waals surface area contributed by atoms with Crippen LogP contribution in [0.2, 0.25) is 5.02 Å². The minimum atomic E-state index is -3.19. The molecule has 2 aromatic carbocycles. The summed E-state index contributed by atoms with van der Waals surface area (Å²) in [6, 6.07) is 14.4. The van der Waals surface area contributed by atoms with Gasteiger partial charge in [-0.2, -0.15) is 0 Å².